The van der Waals surface area contributed by atoms with Crippen molar-refractivity contribution in [3.8, 4) is 5.75 Å². The van der Waals surface area contributed by atoms with Crippen molar-refractivity contribution in [2.75, 3.05) is 19.7 Å². The Morgan fingerprint density at radius 2 is 1.32 bits per heavy atom. The summed E-state index contributed by atoms with van der Waals surface area (Å²) in [5.41, 5.74) is 8.14. The van der Waals surface area contributed by atoms with Gasteiger partial charge in [-0.1, -0.05) is 72.8 Å². The highest BCUT2D eigenvalue weighted by Gasteiger charge is 2.20. The number of amides is 2. The minimum absolute atomic E-state index is 0.123. The summed E-state index contributed by atoms with van der Waals surface area (Å²) >= 11 is 0. The van der Waals surface area contributed by atoms with E-state index in [9.17, 15) is 9.59 Å². The lowest BCUT2D eigenvalue weighted by Gasteiger charge is -2.23. The van der Waals surface area contributed by atoms with Gasteiger partial charge in [-0.15, -0.1) is 0 Å². The van der Waals surface area contributed by atoms with E-state index in [1.54, 1.807) is 11.0 Å². The SMILES string of the molecule is NC(=O)CCN(CCc1ccccc1)C(=O)c1ccccc1OCCc1ccccc1. The number of ether oxygens (including phenoxy) is 1. The average molecular weight is 417 g/mol. The van der Waals surface area contributed by atoms with Crippen molar-refractivity contribution in [1.29, 1.82) is 0 Å². The number of nitrogens with two attached hydrogens (primary N) is 1. The van der Waals surface area contributed by atoms with Crippen LogP contribution in [-0.2, 0) is 17.6 Å². The summed E-state index contributed by atoms with van der Waals surface area (Å²) in [6, 6.07) is 27.3. The van der Waals surface area contributed by atoms with Crippen LogP contribution in [0.15, 0.2) is 84.9 Å². The lowest BCUT2D eigenvalue weighted by Crippen LogP contribution is -2.36. The van der Waals surface area contributed by atoms with E-state index in [4.69, 9.17) is 10.5 Å². The topological polar surface area (TPSA) is 72.6 Å². The smallest absolute Gasteiger partial charge is 0.257 e. The number of rotatable bonds is 11. The maximum Gasteiger partial charge on any atom is 0.257 e. The Hall–Kier alpha value is -3.60. The summed E-state index contributed by atoms with van der Waals surface area (Å²) in [6.07, 6.45) is 1.57. The summed E-state index contributed by atoms with van der Waals surface area (Å²) in [6.45, 7) is 1.24. The van der Waals surface area contributed by atoms with Gasteiger partial charge in [0, 0.05) is 25.9 Å². The Balaban J connectivity index is 1.69. The minimum Gasteiger partial charge on any atom is -0.492 e. The van der Waals surface area contributed by atoms with Crippen LogP contribution >= 0.6 is 0 Å². The molecule has 0 saturated heterocycles. The van der Waals surface area contributed by atoms with Gasteiger partial charge >= 0.3 is 0 Å². The highest BCUT2D eigenvalue weighted by Crippen LogP contribution is 2.21. The lowest BCUT2D eigenvalue weighted by molar-refractivity contribution is -0.118. The maximum absolute atomic E-state index is 13.3. The van der Waals surface area contributed by atoms with Gasteiger partial charge in [-0.05, 0) is 29.7 Å². The number of primary amides is 1. The van der Waals surface area contributed by atoms with Crippen LogP contribution in [0.2, 0.25) is 0 Å². The number of hydrogen-bond donors (Lipinski definition) is 1. The van der Waals surface area contributed by atoms with Crippen LogP contribution in [0.4, 0.5) is 0 Å². The second-order valence-corrected chi connectivity index (χ2v) is 7.32. The standard InChI is InChI=1S/C26H28N2O3/c27-25(29)16-19-28(18-15-21-9-3-1-4-10-21)26(30)23-13-7-8-14-24(23)31-20-17-22-11-5-2-6-12-22/h1-14H,15-20H2,(H2,27,29). The molecule has 0 atom stereocenters. The molecule has 0 spiro atoms. The fourth-order valence-electron chi connectivity index (χ4n) is 3.33. The zero-order valence-corrected chi connectivity index (χ0v) is 17.6. The summed E-state index contributed by atoms with van der Waals surface area (Å²) in [5.74, 6) is -0.0374. The van der Waals surface area contributed by atoms with E-state index in [2.05, 4.69) is 12.1 Å². The van der Waals surface area contributed by atoms with Crippen molar-refractivity contribution in [2.24, 2.45) is 5.73 Å². The van der Waals surface area contributed by atoms with Gasteiger partial charge in [-0.2, -0.15) is 0 Å². The van der Waals surface area contributed by atoms with Gasteiger partial charge in [0.15, 0.2) is 0 Å². The predicted molar refractivity (Wildman–Crippen MR) is 122 cm³/mol. The molecule has 0 heterocycles. The van der Waals surface area contributed by atoms with Crippen LogP contribution in [0, 0.1) is 0 Å². The van der Waals surface area contributed by atoms with Crippen LogP contribution in [0.3, 0.4) is 0 Å². The van der Waals surface area contributed by atoms with Gasteiger partial charge in [-0.3, -0.25) is 9.59 Å². The zero-order valence-electron chi connectivity index (χ0n) is 17.6. The molecule has 0 fully saturated rings. The van der Waals surface area contributed by atoms with Crippen LogP contribution < -0.4 is 10.5 Å². The van der Waals surface area contributed by atoms with Gasteiger partial charge < -0.3 is 15.4 Å². The van der Waals surface area contributed by atoms with Gasteiger partial charge in [0.25, 0.3) is 5.91 Å². The molecule has 160 valence electrons. The third-order valence-electron chi connectivity index (χ3n) is 5.04. The van der Waals surface area contributed by atoms with Crippen LogP contribution in [0.5, 0.6) is 5.75 Å². The number of hydrogen-bond acceptors (Lipinski definition) is 3. The van der Waals surface area contributed by atoms with E-state index in [0.29, 0.717) is 30.9 Å². The molecule has 3 aromatic rings. The Bertz CT molecular complexity index is 974. The van der Waals surface area contributed by atoms with Crippen LogP contribution in [0.25, 0.3) is 0 Å². The molecular formula is C26H28N2O3. The second-order valence-electron chi connectivity index (χ2n) is 7.32. The molecule has 0 aliphatic rings. The number of nitrogens with zero attached hydrogens (tertiary/aromatic N) is 1. The molecular weight excluding hydrogens is 388 g/mol. The van der Waals surface area contributed by atoms with E-state index in [1.165, 1.54) is 5.56 Å². The molecule has 3 aromatic carbocycles. The van der Waals surface area contributed by atoms with E-state index in [1.807, 2.05) is 66.7 Å². The van der Waals surface area contributed by atoms with Gasteiger partial charge in [0.2, 0.25) is 5.91 Å². The fourth-order valence-corrected chi connectivity index (χ4v) is 3.33. The molecule has 2 N–H and O–H groups in total. The molecule has 0 aromatic heterocycles. The maximum atomic E-state index is 13.3. The van der Waals surface area contributed by atoms with Crippen molar-refractivity contribution in [3.63, 3.8) is 0 Å². The molecule has 5 nitrogen and oxygen atoms in total. The first-order chi connectivity index (χ1) is 15.1. The van der Waals surface area contributed by atoms with E-state index in [0.717, 1.165) is 12.0 Å². The summed E-state index contributed by atoms with van der Waals surface area (Å²) in [7, 11) is 0. The van der Waals surface area contributed by atoms with Crippen LogP contribution in [0.1, 0.15) is 27.9 Å². The molecule has 2 amide bonds. The predicted octanol–water partition coefficient (Wildman–Crippen LogP) is 3.87. The monoisotopic (exact) mass is 416 g/mol. The second kappa shape index (κ2) is 11.6. The van der Waals surface area contributed by atoms with Crippen molar-refractivity contribution >= 4 is 11.8 Å². The summed E-state index contributed by atoms with van der Waals surface area (Å²) in [5, 5.41) is 0. The molecule has 3 rings (SSSR count). The first kappa shape index (κ1) is 22.1. The third kappa shape index (κ3) is 7.00. The van der Waals surface area contributed by atoms with Gasteiger partial charge in [-0.25, -0.2) is 0 Å². The Kier molecular flexibility index (Phi) is 8.23. The first-order valence-corrected chi connectivity index (χ1v) is 10.5. The number of benzene rings is 3. The third-order valence-corrected chi connectivity index (χ3v) is 5.04. The van der Waals surface area contributed by atoms with E-state index < -0.39 is 5.91 Å². The quantitative estimate of drug-likeness (QED) is 0.516. The van der Waals surface area contributed by atoms with Crippen molar-refractivity contribution in [1.82, 2.24) is 4.90 Å². The highest BCUT2D eigenvalue weighted by molar-refractivity contribution is 5.97. The largest absolute Gasteiger partial charge is 0.492 e. The molecule has 5 heteroatoms. The van der Waals surface area contributed by atoms with E-state index in [-0.39, 0.29) is 18.9 Å². The Morgan fingerprint density at radius 1 is 0.742 bits per heavy atom. The molecule has 31 heavy (non-hydrogen) atoms. The van der Waals surface area contributed by atoms with Crippen molar-refractivity contribution in [3.05, 3.63) is 102 Å². The molecule has 0 aliphatic carbocycles. The molecule has 0 aliphatic heterocycles. The van der Waals surface area contributed by atoms with Crippen molar-refractivity contribution in [2.45, 2.75) is 19.3 Å². The molecule has 0 bridgehead atoms. The lowest BCUT2D eigenvalue weighted by atomic mass is 10.1. The van der Waals surface area contributed by atoms with Crippen molar-refractivity contribution < 1.29 is 14.3 Å². The Labute approximate surface area is 183 Å². The number of carbonyl (C=O) groups is 2. The van der Waals surface area contributed by atoms with E-state index >= 15 is 0 Å². The summed E-state index contributed by atoms with van der Waals surface area (Å²) < 4.78 is 5.96. The Morgan fingerprint density at radius 3 is 1.97 bits per heavy atom. The fraction of sp³-hybridized carbons (Fsp3) is 0.231. The first-order valence-electron chi connectivity index (χ1n) is 10.5. The molecule has 0 unspecified atom stereocenters. The normalized spacial score (nSPS) is 10.5. The minimum atomic E-state index is -0.426. The van der Waals surface area contributed by atoms with Crippen LogP contribution in [-0.4, -0.2) is 36.4 Å². The molecule has 0 radical (unpaired) electrons. The average Bonchev–Trinajstić information content (AvgIpc) is 2.80. The summed E-state index contributed by atoms with van der Waals surface area (Å²) in [4.78, 5) is 26.3. The van der Waals surface area contributed by atoms with Gasteiger partial charge in [0.1, 0.15) is 5.75 Å². The zero-order chi connectivity index (χ0) is 21.9. The number of para-hydroxylation sites is 1. The molecule has 0 saturated carbocycles. The van der Waals surface area contributed by atoms with Gasteiger partial charge in [0.05, 0.1) is 12.2 Å². The number of carbonyl (C=O) groups excluding carboxylic acids is 2. The highest BCUT2D eigenvalue weighted by atomic mass is 16.5.